The zero-order chi connectivity index (χ0) is 15.9. The molecular formula is C16H26N4O2. The fourth-order valence-corrected chi connectivity index (χ4v) is 2.85. The highest BCUT2D eigenvalue weighted by molar-refractivity contribution is 5.48. The van der Waals surface area contributed by atoms with Crippen molar-refractivity contribution in [3.8, 4) is 11.5 Å². The van der Waals surface area contributed by atoms with Gasteiger partial charge in [0.15, 0.2) is 11.5 Å². The van der Waals surface area contributed by atoms with Crippen molar-refractivity contribution in [3.05, 3.63) is 23.8 Å². The summed E-state index contributed by atoms with van der Waals surface area (Å²) >= 11 is 0. The summed E-state index contributed by atoms with van der Waals surface area (Å²) in [5, 5.41) is 11.9. The zero-order valence-corrected chi connectivity index (χ0v) is 13.9. The largest absolute Gasteiger partial charge is 0.493 e. The van der Waals surface area contributed by atoms with Crippen molar-refractivity contribution >= 4 is 0 Å². The Balaban J connectivity index is 2.15. The third-order valence-electron chi connectivity index (χ3n) is 4.01. The van der Waals surface area contributed by atoms with E-state index in [0.29, 0.717) is 5.92 Å². The third-order valence-corrected chi connectivity index (χ3v) is 4.01. The first kappa shape index (κ1) is 16.7. The van der Waals surface area contributed by atoms with Gasteiger partial charge in [-0.15, -0.1) is 0 Å². The Bertz CT molecular complexity index is 507. The van der Waals surface area contributed by atoms with E-state index in [9.17, 15) is 0 Å². The second kappa shape index (κ2) is 8.10. The Labute approximate surface area is 132 Å². The lowest BCUT2D eigenvalue weighted by Crippen LogP contribution is -2.33. The Hall–Kier alpha value is -1.66. The second-order valence-corrected chi connectivity index (χ2v) is 5.59. The first-order valence-electron chi connectivity index (χ1n) is 7.61. The molecule has 122 valence electrons. The van der Waals surface area contributed by atoms with E-state index in [2.05, 4.69) is 33.6 Å². The lowest BCUT2D eigenvalue weighted by molar-refractivity contribution is 0.268. The Morgan fingerprint density at radius 3 is 2.82 bits per heavy atom. The first-order chi connectivity index (χ1) is 10.7. The minimum atomic E-state index is 0.0297. The van der Waals surface area contributed by atoms with E-state index in [-0.39, 0.29) is 6.04 Å². The molecule has 0 radical (unpaired) electrons. The fourth-order valence-electron chi connectivity index (χ4n) is 2.85. The number of likely N-dealkylation sites (N-methyl/N-ethyl adjacent to an activating group) is 2. The van der Waals surface area contributed by atoms with Crippen LogP contribution in [-0.4, -0.2) is 59.4 Å². The summed E-state index contributed by atoms with van der Waals surface area (Å²) in [5.74, 6) is 1.87. The molecule has 0 bridgehead atoms. The minimum absolute atomic E-state index is 0.0297. The maximum Gasteiger partial charge on any atom is 0.166 e. The number of hydrogen-bond donors (Lipinski definition) is 1. The Morgan fingerprint density at radius 1 is 1.32 bits per heavy atom. The van der Waals surface area contributed by atoms with Gasteiger partial charge in [0.2, 0.25) is 0 Å². The predicted octanol–water partition coefficient (Wildman–Crippen LogP) is 1.98. The molecule has 1 aliphatic heterocycles. The monoisotopic (exact) mass is 306 g/mol. The van der Waals surface area contributed by atoms with Crippen molar-refractivity contribution < 1.29 is 9.47 Å². The molecule has 6 heteroatoms. The molecule has 1 aromatic rings. The smallest absolute Gasteiger partial charge is 0.166 e. The number of methoxy groups -OCH3 is 2. The van der Waals surface area contributed by atoms with Gasteiger partial charge >= 0.3 is 0 Å². The van der Waals surface area contributed by atoms with Crippen molar-refractivity contribution in [2.45, 2.75) is 6.04 Å². The summed E-state index contributed by atoms with van der Waals surface area (Å²) in [4.78, 5) is 2.32. The molecule has 1 N–H and O–H groups in total. The second-order valence-electron chi connectivity index (χ2n) is 5.59. The molecule has 0 spiro atoms. The van der Waals surface area contributed by atoms with Crippen molar-refractivity contribution in [2.75, 3.05) is 54.5 Å². The summed E-state index contributed by atoms with van der Waals surface area (Å²) < 4.78 is 10.9. The molecule has 1 aromatic carbocycles. The maximum absolute atomic E-state index is 5.55. The molecule has 22 heavy (non-hydrogen) atoms. The lowest BCUT2D eigenvalue weighted by atomic mass is 9.93. The summed E-state index contributed by atoms with van der Waals surface area (Å²) in [6, 6.07) is 5.97. The molecule has 1 heterocycles. The summed E-state index contributed by atoms with van der Waals surface area (Å²) in [7, 11) is 7.43. The van der Waals surface area contributed by atoms with Crippen LogP contribution >= 0.6 is 0 Å². The van der Waals surface area contributed by atoms with Gasteiger partial charge in [0.05, 0.1) is 20.8 Å². The van der Waals surface area contributed by atoms with Crippen LogP contribution in [0, 0.1) is 5.92 Å². The van der Waals surface area contributed by atoms with Gasteiger partial charge in [0.25, 0.3) is 0 Å². The third kappa shape index (κ3) is 3.75. The highest BCUT2D eigenvalue weighted by Gasteiger charge is 2.31. The van der Waals surface area contributed by atoms with Gasteiger partial charge in [-0.05, 0) is 20.2 Å². The highest BCUT2D eigenvalue weighted by atomic mass is 16.5. The molecule has 2 rings (SSSR count). The SMILES string of the molecule is CNCCN(C)CC1CN=NC1c1cccc(OC)c1OC. The van der Waals surface area contributed by atoms with Crippen molar-refractivity contribution in [1.29, 1.82) is 0 Å². The van der Waals surface area contributed by atoms with Gasteiger partial charge in [-0.2, -0.15) is 10.2 Å². The molecule has 0 aromatic heterocycles. The van der Waals surface area contributed by atoms with Crippen molar-refractivity contribution in [3.63, 3.8) is 0 Å². The van der Waals surface area contributed by atoms with Crippen LogP contribution in [-0.2, 0) is 0 Å². The van der Waals surface area contributed by atoms with Gasteiger partial charge in [0.1, 0.15) is 6.04 Å². The van der Waals surface area contributed by atoms with Crippen LogP contribution < -0.4 is 14.8 Å². The Morgan fingerprint density at radius 2 is 2.14 bits per heavy atom. The highest BCUT2D eigenvalue weighted by Crippen LogP contribution is 2.41. The Kier molecular flexibility index (Phi) is 6.15. The minimum Gasteiger partial charge on any atom is -0.493 e. The molecule has 0 aliphatic carbocycles. The average Bonchev–Trinajstić information content (AvgIpc) is 2.99. The van der Waals surface area contributed by atoms with Crippen LogP contribution in [0.15, 0.2) is 28.4 Å². The number of nitrogens with one attached hydrogen (secondary N) is 1. The summed E-state index contributed by atoms with van der Waals surface area (Å²) in [6.45, 7) is 3.70. The lowest BCUT2D eigenvalue weighted by Gasteiger charge is -2.25. The van der Waals surface area contributed by atoms with Crippen LogP contribution in [0.5, 0.6) is 11.5 Å². The van der Waals surface area contributed by atoms with Crippen molar-refractivity contribution in [1.82, 2.24) is 10.2 Å². The van der Waals surface area contributed by atoms with E-state index in [1.807, 2.05) is 19.2 Å². The molecule has 0 saturated heterocycles. The van der Waals surface area contributed by atoms with Gasteiger partial charge in [-0.3, -0.25) is 0 Å². The first-order valence-corrected chi connectivity index (χ1v) is 7.61. The number of para-hydroxylation sites is 1. The van der Waals surface area contributed by atoms with Crippen LogP contribution in [0.2, 0.25) is 0 Å². The van der Waals surface area contributed by atoms with Gasteiger partial charge in [-0.25, -0.2) is 0 Å². The average molecular weight is 306 g/mol. The molecule has 6 nitrogen and oxygen atoms in total. The molecule has 0 fully saturated rings. The number of benzene rings is 1. The van der Waals surface area contributed by atoms with Crippen LogP contribution in [0.1, 0.15) is 11.6 Å². The molecular weight excluding hydrogens is 280 g/mol. The van der Waals surface area contributed by atoms with Gasteiger partial charge in [0, 0.05) is 31.1 Å². The topological polar surface area (TPSA) is 58.5 Å². The summed E-state index contributed by atoms with van der Waals surface area (Å²) in [5.41, 5.74) is 1.05. The number of hydrogen-bond acceptors (Lipinski definition) is 6. The number of ether oxygens (including phenoxy) is 2. The number of rotatable bonds is 8. The quantitative estimate of drug-likeness (QED) is 0.798. The predicted molar refractivity (Wildman–Crippen MR) is 86.9 cm³/mol. The number of azo groups is 1. The zero-order valence-electron chi connectivity index (χ0n) is 13.9. The molecule has 2 atom stereocenters. The summed E-state index contributed by atoms with van der Waals surface area (Å²) in [6.07, 6.45) is 0. The van der Waals surface area contributed by atoms with Crippen LogP contribution in [0.4, 0.5) is 0 Å². The van der Waals surface area contributed by atoms with Crippen LogP contribution in [0.25, 0.3) is 0 Å². The number of nitrogens with zero attached hydrogens (tertiary/aromatic N) is 3. The van der Waals surface area contributed by atoms with E-state index >= 15 is 0 Å². The fraction of sp³-hybridized carbons (Fsp3) is 0.625. The molecule has 2 unspecified atom stereocenters. The van der Waals surface area contributed by atoms with Gasteiger partial charge < -0.3 is 19.7 Å². The molecule has 1 aliphatic rings. The van der Waals surface area contributed by atoms with E-state index in [0.717, 1.165) is 43.2 Å². The maximum atomic E-state index is 5.55. The normalized spacial score (nSPS) is 20.6. The van der Waals surface area contributed by atoms with E-state index in [1.165, 1.54) is 0 Å². The molecule has 0 saturated carbocycles. The molecule has 0 amide bonds. The van der Waals surface area contributed by atoms with Crippen molar-refractivity contribution in [2.24, 2.45) is 16.1 Å². The van der Waals surface area contributed by atoms with Crippen LogP contribution in [0.3, 0.4) is 0 Å². The van der Waals surface area contributed by atoms with E-state index in [4.69, 9.17) is 9.47 Å². The van der Waals surface area contributed by atoms with Gasteiger partial charge in [-0.1, -0.05) is 12.1 Å². The van der Waals surface area contributed by atoms with E-state index < -0.39 is 0 Å². The standard InChI is InChI=1S/C16H26N4O2/c1-17-8-9-20(2)11-12-10-18-19-15(12)13-6-5-7-14(21-3)16(13)22-4/h5-7,12,15,17H,8-11H2,1-4H3. The van der Waals surface area contributed by atoms with E-state index in [1.54, 1.807) is 14.2 Å².